The highest BCUT2D eigenvalue weighted by atomic mass is 32.2. The summed E-state index contributed by atoms with van der Waals surface area (Å²) in [4.78, 5) is 18.0. The fourth-order valence-electron chi connectivity index (χ4n) is 3.35. The van der Waals surface area contributed by atoms with E-state index in [-0.39, 0.29) is 11.9 Å². The Balaban J connectivity index is 1.53. The normalized spacial score (nSPS) is 12.0. The summed E-state index contributed by atoms with van der Waals surface area (Å²) < 4.78 is 6.54. The number of amides is 1. The maximum absolute atomic E-state index is 13.3. The number of aryl methyl sites for hydroxylation is 1. The minimum Gasteiger partial charge on any atom is -0.494 e. The first-order valence-corrected chi connectivity index (χ1v) is 12.6. The van der Waals surface area contributed by atoms with Crippen LogP contribution in [0.2, 0.25) is 0 Å². The van der Waals surface area contributed by atoms with Crippen LogP contribution in [0.15, 0.2) is 64.0 Å². The number of nitrogens with one attached hydrogen (secondary N) is 1. The summed E-state index contributed by atoms with van der Waals surface area (Å²) in [5, 5.41) is 13.8. The molecule has 0 bridgehead atoms. The van der Waals surface area contributed by atoms with Crippen molar-refractivity contribution in [2.45, 2.75) is 49.0 Å². The van der Waals surface area contributed by atoms with Crippen molar-refractivity contribution in [3.05, 3.63) is 70.7 Å². The van der Waals surface area contributed by atoms with Crippen molar-refractivity contribution < 1.29 is 9.53 Å². The third-order valence-electron chi connectivity index (χ3n) is 5.13. The third-order valence-corrected chi connectivity index (χ3v) is 6.94. The summed E-state index contributed by atoms with van der Waals surface area (Å²) in [6, 6.07) is 17.3. The molecule has 0 saturated heterocycles. The number of fused-ring (bicyclic) bond motifs is 1. The first-order chi connectivity index (χ1) is 16.0. The molecule has 33 heavy (non-hydrogen) atoms. The van der Waals surface area contributed by atoms with Crippen molar-refractivity contribution in [3.63, 3.8) is 0 Å². The molecule has 0 radical (unpaired) electrons. The van der Waals surface area contributed by atoms with Gasteiger partial charge in [-0.15, -0.1) is 10.2 Å². The SMILES string of the molecule is CCCCOc1ccc([C@H](C)NC(=O)c2cc(Sc3nnc(C)s3)nc3ccccc23)cc1. The molecular formula is C25H26N4O2S2. The number of nitrogens with zero attached hydrogens (tertiary/aromatic N) is 3. The van der Waals surface area contributed by atoms with Gasteiger partial charge in [-0.3, -0.25) is 4.79 Å². The lowest BCUT2D eigenvalue weighted by molar-refractivity contribution is 0.0941. The average molecular weight is 479 g/mol. The second-order valence-electron chi connectivity index (χ2n) is 7.68. The molecule has 8 heteroatoms. The lowest BCUT2D eigenvalue weighted by atomic mass is 10.1. The van der Waals surface area contributed by atoms with Gasteiger partial charge in [0.25, 0.3) is 5.91 Å². The van der Waals surface area contributed by atoms with Crippen LogP contribution in [-0.4, -0.2) is 27.7 Å². The molecule has 0 aliphatic heterocycles. The number of unbranched alkanes of at least 4 members (excludes halogenated alkanes) is 1. The standard InChI is InChI=1S/C25H26N4O2S2/c1-4-5-14-31-19-12-10-18(11-13-19)16(2)26-24(30)21-15-23(33-25-29-28-17(3)32-25)27-22-9-7-6-8-20(21)22/h6-13,15-16H,4-5,14H2,1-3H3,(H,26,30)/t16-/m0/s1. The maximum Gasteiger partial charge on any atom is 0.252 e. The van der Waals surface area contributed by atoms with Crippen LogP contribution in [0.1, 0.15) is 53.7 Å². The smallest absolute Gasteiger partial charge is 0.252 e. The van der Waals surface area contributed by atoms with E-state index in [1.807, 2.05) is 68.4 Å². The van der Waals surface area contributed by atoms with Crippen molar-refractivity contribution in [2.75, 3.05) is 6.61 Å². The van der Waals surface area contributed by atoms with Crippen LogP contribution in [0.25, 0.3) is 10.9 Å². The summed E-state index contributed by atoms with van der Waals surface area (Å²) in [5.41, 5.74) is 2.38. The Morgan fingerprint density at radius 1 is 1.15 bits per heavy atom. The van der Waals surface area contributed by atoms with Crippen molar-refractivity contribution in [1.29, 1.82) is 0 Å². The Morgan fingerprint density at radius 3 is 2.67 bits per heavy atom. The van der Waals surface area contributed by atoms with Gasteiger partial charge in [0, 0.05) is 5.39 Å². The highest BCUT2D eigenvalue weighted by Crippen LogP contribution is 2.31. The quantitative estimate of drug-likeness (QED) is 0.288. The number of pyridine rings is 1. The Morgan fingerprint density at radius 2 is 1.94 bits per heavy atom. The summed E-state index contributed by atoms with van der Waals surface area (Å²) in [6.07, 6.45) is 2.14. The predicted molar refractivity (Wildman–Crippen MR) is 133 cm³/mol. The van der Waals surface area contributed by atoms with Crippen molar-refractivity contribution in [2.24, 2.45) is 0 Å². The Labute approximate surface area is 201 Å². The fraction of sp³-hybridized carbons (Fsp3) is 0.280. The molecule has 4 rings (SSSR count). The van der Waals surface area contributed by atoms with E-state index in [0.717, 1.165) is 49.4 Å². The summed E-state index contributed by atoms with van der Waals surface area (Å²) >= 11 is 2.93. The van der Waals surface area contributed by atoms with E-state index < -0.39 is 0 Å². The molecule has 170 valence electrons. The average Bonchev–Trinajstić information content (AvgIpc) is 3.23. The summed E-state index contributed by atoms with van der Waals surface area (Å²) in [7, 11) is 0. The third kappa shape index (κ3) is 5.89. The number of aromatic nitrogens is 3. The molecule has 0 aliphatic rings. The van der Waals surface area contributed by atoms with E-state index in [4.69, 9.17) is 9.72 Å². The molecule has 2 aromatic heterocycles. The van der Waals surface area contributed by atoms with Crippen molar-refractivity contribution >= 4 is 39.9 Å². The minimum absolute atomic E-state index is 0.139. The molecule has 0 unspecified atom stereocenters. The largest absolute Gasteiger partial charge is 0.494 e. The van der Waals surface area contributed by atoms with E-state index in [1.54, 1.807) is 0 Å². The molecule has 1 N–H and O–H groups in total. The van der Waals surface area contributed by atoms with Gasteiger partial charge in [-0.25, -0.2) is 4.98 Å². The Kier molecular flexibility index (Phi) is 7.57. The van der Waals surface area contributed by atoms with Gasteiger partial charge in [0.1, 0.15) is 15.8 Å². The highest BCUT2D eigenvalue weighted by Gasteiger charge is 2.17. The van der Waals surface area contributed by atoms with Gasteiger partial charge >= 0.3 is 0 Å². The number of carbonyl (C=O) groups excluding carboxylic acids is 1. The van der Waals surface area contributed by atoms with E-state index in [0.29, 0.717) is 12.2 Å². The molecule has 0 fully saturated rings. The zero-order valence-corrected chi connectivity index (χ0v) is 20.5. The van der Waals surface area contributed by atoms with Crippen LogP contribution < -0.4 is 10.1 Å². The van der Waals surface area contributed by atoms with Gasteiger partial charge in [-0.2, -0.15) is 0 Å². The summed E-state index contributed by atoms with van der Waals surface area (Å²) in [5.74, 6) is 0.708. The second-order valence-corrected chi connectivity index (χ2v) is 10.1. The van der Waals surface area contributed by atoms with E-state index in [9.17, 15) is 4.79 Å². The molecule has 4 aromatic rings. The van der Waals surface area contributed by atoms with Gasteiger partial charge in [0.15, 0.2) is 4.34 Å². The van der Waals surface area contributed by atoms with E-state index in [2.05, 4.69) is 22.4 Å². The lowest BCUT2D eigenvalue weighted by Crippen LogP contribution is -2.27. The predicted octanol–water partition coefficient (Wildman–Crippen LogP) is 6.22. The first-order valence-electron chi connectivity index (χ1n) is 10.9. The van der Waals surface area contributed by atoms with Gasteiger partial charge in [-0.05, 0) is 61.9 Å². The van der Waals surface area contributed by atoms with E-state index in [1.165, 1.54) is 23.1 Å². The maximum atomic E-state index is 13.3. The number of hydrogen-bond acceptors (Lipinski definition) is 7. The van der Waals surface area contributed by atoms with Crippen molar-refractivity contribution in [1.82, 2.24) is 20.5 Å². The molecular weight excluding hydrogens is 452 g/mol. The zero-order chi connectivity index (χ0) is 23.2. The van der Waals surface area contributed by atoms with Gasteiger partial charge in [0.2, 0.25) is 0 Å². The Hall–Kier alpha value is -2.97. The number of benzene rings is 2. The minimum atomic E-state index is -0.156. The molecule has 0 saturated carbocycles. The van der Waals surface area contributed by atoms with Crippen LogP contribution in [0, 0.1) is 6.92 Å². The molecule has 2 aromatic carbocycles. The first kappa shape index (κ1) is 23.2. The highest BCUT2D eigenvalue weighted by molar-refractivity contribution is 8.01. The monoisotopic (exact) mass is 478 g/mol. The zero-order valence-electron chi connectivity index (χ0n) is 18.9. The number of para-hydroxylation sites is 1. The van der Waals surface area contributed by atoms with Crippen LogP contribution in [0.5, 0.6) is 5.75 Å². The number of ether oxygens (including phenoxy) is 1. The molecule has 1 amide bonds. The summed E-state index contributed by atoms with van der Waals surface area (Å²) in [6.45, 7) is 6.75. The van der Waals surface area contributed by atoms with Gasteiger partial charge in [-0.1, -0.05) is 55.0 Å². The van der Waals surface area contributed by atoms with Crippen LogP contribution in [-0.2, 0) is 0 Å². The fourth-order valence-corrected chi connectivity index (χ4v) is 5.13. The Bertz CT molecular complexity index is 1240. The van der Waals surface area contributed by atoms with Crippen LogP contribution in [0.3, 0.4) is 0 Å². The topological polar surface area (TPSA) is 77.0 Å². The van der Waals surface area contributed by atoms with Gasteiger partial charge < -0.3 is 10.1 Å². The molecule has 1 atom stereocenters. The van der Waals surface area contributed by atoms with E-state index >= 15 is 0 Å². The molecule has 2 heterocycles. The second kappa shape index (κ2) is 10.8. The van der Waals surface area contributed by atoms with Crippen LogP contribution >= 0.6 is 23.1 Å². The molecule has 6 nitrogen and oxygen atoms in total. The lowest BCUT2D eigenvalue weighted by Gasteiger charge is -2.16. The van der Waals surface area contributed by atoms with Crippen LogP contribution in [0.4, 0.5) is 0 Å². The van der Waals surface area contributed by atoms with Gasteiger partial charge in [0.05, 0.1) is 23.7 Å². The number of carbonyl (C=O) groups is 1. The van der Waals surface area contributed by atoms with Crippen molar-refractivity contribution in [3.8, 4) is 5.75 Å². The number of rotatable bonds is 9. The number of hydrogen-bond donors (Lipinski definition) is 1. The molecule has 0 spiro atoms. The molecule has 0 aliphatic carbocycles.